The molecule has 1 spiro atoms. The molecule has 8 heteroatoms. The zero-order chi connectivity index (χ0) is 15.9. The second-order valence-electron chi connectivity index (χ2n) is 5.82. The molecule has 2 fully saturated rings. The summed E-state index contributed by atoms with van der Waals surface area (Å²) in [6, 6.07) is 4.83. The van der Waals surface area contributed by atoms with Gasteiger partial charge < -0.3 is 14.2 Å². The van der Waals surface area contributed by atoms with E-state index in [9.17, 15) is 8.42 Å². The Morgan fingerprint density at radius 2 is 1.78 bits per heavy atom. The highest BCUT2D eigenvalue weighted by Gasteiger charge is 2.42. The van der Waals surface area contributed by atoms with Gasteiger partial charge >= 0.3 is 0 Å². The maximum absolute atomic E-state index is 12.9. The van der Waals surface area contributed by atoms with Crippen molar-refractivity contribution in [2.75, 3.05) is 38.7 Å². The Bertz CT molecular complexity index is 690. The zero-order valence-corrected chi connectivity index (χ0v) is 14.3. The minimum absolute atomic E-state index is 0.168. The van der Waals surface area contributed by atoms with Crippen molar-refractivity contribution in [2.45, 2.75) is 22.7 Å². The van der Waals surface area contributed by atoms with Gasteiger partial charge in [0.15, 0.2) is 11.5 Å². The number of hydrogen-bond donors (Lipinski definition) is 0. The molecule has 0 N–H and O–H groups in total. The molecule has 0 unspecified atom stereocenters. The van der Waals surface area contributed by atoms with E-state index in [-0.39, 0.29) is 9.83 Å². The highest BCUT2D eigenvalue weighted by atomic mass is 32.2. The molecule has 0 atom stereocenters. The van der Waals surface area contributed by atoms with E-state index >= 15 is 0 Å². The van der Waals surface area contributed by atoms with Gasteiger partial charge in [0.2, 0.25) is 10.0 Å². The highest BCUT2D eigenvalue weighted by molar-refractivity contribution is 8.00. The summed E-state index contributed by atoms with van der Waals surface area (Å²) >= 11 is 1.81. The van der Waals surface area contributed by atoms with Crippen LogP contribution in [-0.2, 0) is 14.8 Å². The third kappa shape index (κ3) is 2.82. The molecule has 6 nitrogen and oxygen atoms in total. The number of hydrogen-bond acceptors (Lipinski definition) is 6. The largest absolute Gasteiger partial charge is 0.486 e. The summed E-state index contributed by atoms with van der Waals surface area (Å²) in [5.74, 6) is 2.10. The van der Waals surface area contributed by atoms with Crippen LogP contribution in [0.15, 0.2) is 23.1 Å². The van der Waals surface area contributed by atoms with Crippen LogP contribution < -0.4 is 9.47 Å². The molecule has 3 heterocycles. The number of nitrogens with zero attached hydrogens (tertiary/aromatic N) is 1. The van der Waals surface area contributed by atoms with Crippen LogP contribution in [0.2, 0.25) is 0 Å². The summed E-state index contributed by atoms with van der Waals surface area (Å²) in [5, 5.41) is 0. The summed E-state index contributed by atoms with van der Waals surface area (Å²) in [7, 11) is -3.51. The number of benzene rings is 1. The number of rotatable bonds is 2. The van der Waals surface area contributed by atoms with Crippen LogP contribution in [0, 0.1) is 0 Å². The normalized spacial score (nSPS) is 24.0. The monoisotopic (exact) mass is 357 g/mol. The smallest absolute Gasteiger partial charge is 0.243 e. The number of sulfonamides is 1. The number of ether oxygens (including phenoxy) is 3. The Hall–Kier alpha value is -0.960. The van der Waals surface area contributed by atoms with Gasteiger partial charge in [-0.3, -0.25) is 0 Å². The van der Waals surface area contributed by atoms with Crippen LogP contribution in [0.5, 0.6) is 11.5 Å². The van der Waals surface area contributed by atoms with E-state index < -0.39 is 10.0 Å². The van der Waals surface area contributed by atoms with Crippen molar-refractivity contribution in [3.05, 3.63) is 18.2 Å². The molecule has 0 aliphatic carbocycles. The van der Waals surface area contributed by atoms with Gasteiger partial charge in [-0.05, 0) is 25.0 Å². The van der Waals surface area contributed by atoms with Gasteiger partial charge in [-0.1, -0.05) is 0 Å². The SMILES string of the molecule is O=S(=O)(c1ccc2c(c1)OCCO2)N1CCC2(CC1)OCCS2. The zero-order valence-electron chi connectivity index (χ0n) is 12.7. The first kappa shape index (κ1) is 15.6. The average Bonchev–Trinajstić information content (AvgIpc) is 3.03. The van der Waals surface area contributed by atoms with Crippen LogP contribution in [0.25, 0.3) is 0 Å². The lowest BCUT2D eigenvalue weighted by Gasteiger charge is -2.37. The standard InChI is InChI=1S/C15H19NO5S2/c17-23(18,12-1-2-13-14(11-12)20-8-7-19-13)16-5-3-15(4-6-16)21-9-10-22-15/h1-2,11H,3-10H2. The van der Waals surface area contributed by atoms with Crippen LogP contribution in [0.1, 0.15) is 12.8 Å². The Kier molecular flexibility index (Phi) is 3.95. The molecule has 126 valence electrons. The van der Waals surface area contributed by atoms with E-state index in [0.717, 1.165) is 25.2 Å². The van der Waals surface area contributed by atoms with Gasteiger partial charge in [0.05, 0.1) is 11.5 Å². The molecular formula is C15H19NO5S2. The van der Waals surface area contributed by atoms with Gasteiger partial charge in [-0.15, -0.1) is 11.8 Å². The molecule has 0 aromatic heterocycles. The lowest BCUT2D eigenvalue weighted by Crippen LogP contribution is -2.44. The molecule has 0 radical (unpaired) electrons. The van der Waals surface area contributed by atoms with E-state index in [1.165, 1.54) is 0 Å². The first-order valence-corrected chi connectivity index (χ1v) is 10.2. The summed E-state index contributed by atoms with van der Waals surface area (Å²) < 4.78 is 44.0. The van der Waals surface area contributed by atoms with Crippen molar-refractivity contribution in [3.8, 4) is 11.5 Å². The lowest BCUT2D eigenvalue weighted by molar-refractivity contribution is 0.0161. The van der Waals surface area contributed by atoms with Gasteiger partial charge in [0.1, 0.15) is 18.1 Å². The molecule has 3 aliphatic heterocycles. The predicted molar refractivity (Wildman–Crippen MR) is 86.6 cm³/mol. The Morgan fingerprint density at radius 1 is 1.04 bits per heavy atom. The second kappa shape index (κ2) is 5.84. The molecule has 0 bridgehead atoms. The van der Waals surface area contributed by atoms with Crippen LogP contribution in [0.3, 0.4) is 0 Å². The van der Waals surface area contributed by atoms with Crippen molar-refractivity contribution in [1.29, 1.82) is 0 Å². The van der Waals surface area contributed by atoms with Crippen LogP contribution >= 0.6 is 11.8 Å². The van der Waals surface area contributed by atoms with E-state index in [1.54, 1.807) is 22.5 Å². The first-order valence-electron chi connectivity index (χ1n) is 7.77. The van der Waals surface area contributed by atoms with Crippen molar-refractivity contribution >= 4 is 21.8 Å². The number of thioether (sulfide) groups is 1. The summed E-state index contributed by atoms with van der Waals surface area (Å²) in [4.78, 5) is 0.0939. The number of piperidine rings is 1. The molecule has 1 aromatic carbocycles. The van der Waals surface area contributed by atoms with Crippen LogP contribution in [0.4, 0.5) is 0 Å². The van der Waals surface area contributed by atoms with E-state index in [2.05, 4.69) is 0 Å². The van der Waals surface area contributed by atoms with Crippen molar-refractivity contribution in [1.82, 2.24) is 4.31 Å². The Labute approximate surface area is 140 Å². The summed E-state index contributed by atoms with van der Waals surface area (Å²) in [6.07, 6.45) is 1.48. The molecule has 0 amide bonds. The minimum Gasteiger partial charge on any atom is -0.486 e. The predicted octanol–water partition coefficient (Wildman–Crippen LogP) is 1.70. The molecule has 2 saturated heterocycles. The van der Waals surface area contributed by atoms with Gasteiger partial charge in [0, 0.05) is 24.9 Å². The molecule has 23 heavy (non-hydrogen) atoms. The van der Waals surface area contributed by atoms with Crippen LogP contribution in [-0.4, -0.2) is 56.3 Å². The van der Waals surface area contributed by atoms with Gasteiger partial charge in [0.25, 0.3) is 0 Å². The molecule has 0 saturated carbocycles. The topological polar surface area (TPSA) is 65.1 Å². The Balaban J connectivity index is 1.54. The maximum Gasteiger partial charge on any atom is 0.243 e. The van der Waals surface area contributed by atoms with Crippen molar-refractivity contribution in [2.24, 2.45) is 0 Å². The fourth-order valence-electron chi connectivity index (χ4n) is 3.19. The fraction of sp³-hybridized carbons (Fsp3) is 0.600. The summed E-state index contributed by atoms with van der Waals surface area (Å²) in [5.41, 5.74) is 0. The first-order chi connectivity index (χ1) is 11.1. The second-order valence-corrected chi connectivity index (χ2v) is 9.20. The van der Waals surface area contributed by atoms with Gasteiger partial charge in [-0.2, -0.15) is 4.31 Å². The molecular weight excluding hydrogens is 338 g/mol. The molecule has 4 rings (SSSR count). The maximum atomic E-state index is 12.9. The molecule has 1 aromatic rings. The van der Waals surface area contributed by atoms with Crippen molar-refractivity contribution < 1.29 is 22.6 Å². The van der Waals surface area contributed by atoms with E-state index in [1.807, 2.05) is 11.8 Å². The number of fused-ring (bicyclic) bond motifs is 1. The minimum atomic E-state index is -3.51. The third-order valence-electron chi connectivity index (χ3n) is 4.45. The average molecular weight is 357 g/mol. The highest BCUT2D eigenvalue weighted by Crippen LogP contribution is 2.42. The summed E-state index contributed by atoms with van der Waals surface area (Å²) in [6.45, 7) is 2.68. The quantitative estimate of drug-likeness (QED) is 0.803. The third-order valence-corrected chi connectivity index (χ3v) is 7.77. The van der Waals surface area contributed by atoms with E-state index in [4.69, 9.17) is 14.2 Å². The van der Waals surface area contributed by atoms with Gasteiger partial charge in [-0.25, -0.2) is 8.42 Å². The van der Waals surface area contributed by atoms with E-state index in [0.29, 0.717) is 37.8 Å². The fourth-order valence-corrected chi connectivity index (χ4v) is 5.82. The lowest BCUT2D eigenvalue weighted by atomic mass is 10.1. The Morgan fingerprint density at radius 3 is 2.48 bits per heavy atom. The van der Waals surface area contributed by atoms with Crippen molar-refractivity contribution in [3.63, 3.8) is 0 Å². The molecule has 3 aliphatic rings.